The van der Waals surface area contributed by atoms with Crippen molar-refractivity contribution in [1.82, 2.24) is 20.2 Å². The predicted molar refractivity (Wildman–Crippen MR) is 115 cm³/mol. The number of fused-ring (bicyclic) bond motifs is 3. The molecule has 0 amide bonds. The van der Waals surface area contributed by atoms with Crippen molar-refractivity contribution < 1.29 is 5.11 Å². The number of H-pyrrole nitrogens is 1. The first-order valence-electron chi connectivity index (χ1n) is 10.2. The Hall–Kier alpha value is -1.73. The quantitative estimate of drug-likeness (QED) is 0.622. The van der Waals surface area contributed by atoms with Crippen LogP contribution in [0.25, 0.3) is 21.5 Å². The third-order valence-electron chi connectivity index (χ3n) is 6.14. The van der Waals surface area contributed by atoms with Crippen LogP contribution in [0.15, 0.2) is 18.2 Å². The van der Waals surface area contributed by atoms with Crippen LogP contribution in [0.1, 0.15) is 54.2 Å². The van der Waals surface area contributed by atoms with Crippen LogP contribution in [0, 0.1) is 13.8 Å². The van der Waals surface area contributed by atoms with E-state index in [2.05, 4.69) is 52.2 Å². The molecule has 5 rings (SSSR count). The van der Waals surface area contributed by atoms with Crippen molar-refractivity contribution in [3.63, 3.8) is 0 Å². The molecule has 3 atom stereocenters. The summed E-state index contributed by atoms with van der Waals surface area (Å²) in [4.78, 5) is 11.5. The average molecular weight is 397 g/mol. The van der Waals surface area contributed by atoms with Gasteiger partial charge in [-0.2, -0.15) is 0 Å². The standard InChI is InChI=1S/C22H28N4OS/c1-11(2)19-20(14-5-12(3)24-13(4)6-14)25-17-8-18(28-21(17)19)22(27)26-10-15-7-16(26)9-23-15/h5-6,8,11,15-16,22-23,25,27H,7,9-10H2,1-4H3/t15-,16-,22?/m0/s1. The van der Waals surface area contributed by atoms with E-state index in [-0.39, 0.29) is 0 Å². The van der Waals surface area contributed by atoms with Gasteiger partial charge in [0.05, 0.1) is 20.8 Å². The Balaban J connectivity index is 1.55. The number of pyridine rings is 1. The van der Waals surface area contributed by atoms with Gasteiger partial charge in [-0.05, 0) is 49.9 Å². The minimum Gasteiger partial charge on any atom is -0.373 e. The van der Waals surface area contributed by atoms with Crippen LogP contribution < -0.4 is 5.32 Å². The van der Waals surface area contributed by atoms with Crippen LogP contribution in [-0.4, -0.2) is 45.1 Å². The highest BCUT2D eigenvalue weighted by Crippen LogP contribution is 2.43. The fourth-order valence-corrected chi connectivity index (χ4v) is 6.28. The molecule has 2 fully saturated rings. The van der Waals surface area contributed by atoms with Crippen LogP contribution in [0.5, 0.6) is 0 Å². The molecule has 3 N–H and O–H groups in total. The molecule has 5 heterocycles. The van der Waals surface area contributed by atoms with Crippen molar-refractivity contribution in [3.8, 4) is 11.3 Å². The highest BCUT2D eigenvalue weighted by Gasteiger charge is 2.41. The number of aliphatic hydroxyl groups excluding tert-OH is 1. The molecule has 5 nitrogen and oxygen atoms in total. The number of aryl methyl sites for hydroxylation is 2. The maximum atomic E-state index is 11.0. The van der Waals surface area contributed by atoms with E-state index in [1.807, 2.05) is 13.8 Å². The van der Waals surface area contributed by atoms with Gasteiger partial charge in [0.2, 0.25) is 0 Å². The molecular weight excluding hydrogens is 368 g/mol. The van der Waals surface area contributed by atoms with Crippen LogP contribution in [0.2, 0.25) is 0 Å². The molecule has 6 heteroatoms. The molecule has 2 bridgehead atoms. The Bertz CT molecular complexity index is 1020. The molecule has 3 aromatic heterocycles. The van der Waals surface area contributed by atoms with Gasteiger partial charge in [-0.25, -0.2) is 0 Å². The highest BCUT2D eigenvalue weighted by molar-refractivity contribution is 7.19. The van der Waals surface area contributed by atoms with Gasteiger partial charge in [-0.3, -0.25) is 9.88 Å². The van der Waals surface area contributed by atoms with E-state index >= 15 is 0 Å². The summed E-state index contributed by atoms with van der Waals surface area (Å²) in [5, 5.41) is 14.5. The van der Waals surface area contributed by atoms with Crippen LogP contribution in [0.3, 0.4) is 0 Å². The molecule has 2 saturated heterocycles. The van der Waals surface area contributed by atoms with E-state index < -0.39 is 6.23 Å². The average Bonchev–Trinajstić information content (AvgIpc) is 3.38. The summed E-state index contributed by atoms with van der Waals surface area (Å²) in [6, 6.07) is 7.46. The number of aliphatic hydroxyl groups is 1. The molecule has 148 valence electrons. The summed E-state index contributed by atoms with van der Waals surface area (Å²) in [5.41, 5.74) is 6.94. The minimum absolute atomic E-state index is 0.396. The summed E-state index contributed by atoms with van der Waals surface area (Å²) < 4.78 is 1.27. The second-order valence-corrected chi connectivity index (χ2v) is 9.75. The zero-order valence-corrected chi connectivity index (χ0v) is 17.7. The number of nitrogens with one attached hydrogen (secondary N) is 2. The smallest absolute Gasteiger partial charge is 0.143 e. The van der Waals surface area contributed by atoms with Crippen molar-refractivity contribution in [1.29, 1.82) is 0 Å². The third-order valence-corrected chi connectivity index (χ3v) is 7.35. The second kappa shape index (κ2) is 6.66. The third kappa shape index (κ3) is 2.90. The van der Waals surface area contributed by atoms with Crippen molar-refractivity contribution in [2.75, 3.05) is 13.1 Å². The van der Waals surface area contributed by atoms with Crippen LogP contribution >= 0.6 is 11.3 Å². The topological polar surface area (TPSA) is 64.2 Å². The lowest BCUT2D eigenvalue weighted by atomic mass is 9.99. The van der Waals surface area contributed by atoms with Crippen molar-refractivity contribution in [2.45, 2.75) is 58.3 Å². The lowest BCUT2D eigenvalue weighted by molar-refractivity contribution is -0.0113. The van der Waals surface area contributed by atoms with Crippen LogP contribution in [-0.2, 0) is 0 Å². The molecule has 28 heavy (non-hydrogen) atoms. The first-order chi connectivity index (χ1) is 13.4. The SMILES string of the molecule is Cc1cc(-c2[nH]c3cc(C(O)N4C[C@@H]5C[C@H]4CN5)sc3c2C(C)C)cc(C)n1. The molecule has 0 aromatic carbocycles. The van der Waals surface area contributed by atoms with Gasteiger partial charge >= 0.3 is 0 Å². The summed E-state index contributed by atoms with van der Waals surface area (Å²) in [6.45, 7) is 10.5. The number of hydrogen-bond donors (Lipinski definition) is 3. The number of aromatic nitrogens is 2. The fraction of sp³-hybridized carbons (Fsp3) is 0.500. The number of rotatable bonds is 4. The molecule has 2 aliphatic heterocycles. The molecule has 3 aromatic rings. The summed E-state index contributed by atoms with van der Waals surface area (Å²) in [6.07, 6.45) is 0.652. The van der Waals surface area contributed by atoms with Gasteiger partial charge in [0, 0.05) is 42.1 Å². The second-order valence-electron chi connectivity index (χ2n) is 8.66. The number of piperazine rings is 1. The van der Waals surface area contributed by atoms with Gasteiger partial charge in [0.15, 0.2) is 0 Å². The van der Waals surface area contributed by atoms with Crippen LogP contribution in [0.4, 0.5) is 0 Å². The molecule has 0 spiro atoms. The maximum Gasteiger partial charge on any atom is 0.143 e. The van der Waals surface area contributed by atoms with Crippen molar-refractivity contribution in [2.24, 2.45) is 0 Å². The normalized spacial score (nSPS) is 23.4. The van der Waals surface area contributed by atoms with E-state index in [0.29, 0.717) is 18.0 Å². The predicted octanol–water partition coefficient (Wildman–Crippen LogP) is 4.07. The fourth-order valence-electron chi connectivity index (χ4n) is 4.96. The largest absolute Gasteiger partial charge is 0.373 e. The zero-order valence-electron chi connectivity index (χ0n) is 16.9. The molecular formula is C22H28N4OS. The lowest BCUT2D eigenvalue weighted by Gasteiger charge is -2.31. The lowest BCUT2D eigenvalue weighted by Crippen LogP contribution is -2.45. The number of nitrogens with zero attached hydrogens (tertiary/aromatic N) is 2. The van der Waals surface area contributed by atoms with E-state index in [1.54, 1.807) is 11.3 Å². The minimum atomic E-state index is -0.503. The Morgan fingerprint density at radius 1 is 1.21 bits per heavy atom. The monoisotopic (exact) mass is 396 g/mol. The first-order valence-corrected chi connectivity index (χ1v) is 11.0. The number of likely N-dealkylation sites (tertiary alicyclic amines) is 1. The zero-order chi connectivity index (χ0) is 19.6. The van der Waals surface area contributed by atoms with Gasteiger partial charge < -0.3 is 15.4 Å². The summed E-state index contributed by atoms with van der Waals surface area (Å²) in [7, 11) is 0. The molecule has 0 radical (unpaired) electrons. The first kappa shape index (κ1) is 18.3. The Kier molecular flexibility index (Phi) is 4.36. The van der Waals surface area contributed by atoms with Gasteiger partial charge in [0.1, 0.15) is 6.23 Å². The number of thiophene rings is 1. The molecule has 0 aliphatic carbocycles. The van der Waals surface area contributed by atoms with Gasteiger partial charge in [-0.15, -0.1) is 11.3 Å². The Morgan fingerprint density at radius 2 is 1.96 bits per heavy atom. The van der Waals surface area contributed by atoms with E-state index in [1.165, 1.54) is 21.5 Å². The van der Waals surface area contributed by atoms with Gasteiger partial charge in [0.25, 0.3) is 0 Å². The Morgan fingerprint density at radius 3 is 2.57 bits per heavy atom. The molecule has 2 aliphatic rings. The molecule has 1 unspecified atom stereocenters. The van der Waals surface area contributed by atoms with Crippen molar-refractivity contribution >= 4 is 21.6 Å². The number of aromatic amines is 1. The van der Waals surface area contributed by atoms with Gasteiger partial charge in [-0.1, -0.05) is 13.8 Å². The number of hydrogen-bond acceptors (Lipinski definition) is 5. The summed E-state index contributed by atoms with van der Waals surface area (Å²) in [5.74, 6) is 0.396. The van der Waals surface area contributed by atoms with E-state index in [9.17, 15) is 5.11 Å². The summed E-state index contributed by atoms with van der Waals surface area (Å²) >= 11 is 1.74. The van der Waals surface area contributed by atoms with E-state index in [4.69, 9.17) is 0 Å². The Labute approximate surface area is 169 Å². The highest BCUT2D eigenvalue weighted by atomic mass is 32.1. The maximum absolute atomic E-state index is 11.0. The van der Waals surface area contributed by atoms with Crippen molar-refractivity contribution in [3.05, 3.63) is 40.0 Å². The van der Waals surface area contributed by atoms with E-state index in [0.717, 1.165) is 41.3 Å². The molecule has 0 saturated carbocycles.